The van der Waals surface area contributed by atoms with Crippen molar-refractivity contribution in [3.05, 3.63) is 0 Å². The second-order valence-corrected chi connectivity index (χ2v) is 14.9. The van der Waals surface area contributed by atoms with Crippen LogP contribution in [0.4, 0.5) is 0 Å². The number of esters is 1. The molecule has 0 bridgehead atoms. The maximum Gasteiger partial charge on any atom is 0.311 e. The lowest BCUT2D eigenvalue weighted by Gasteiger charge is -2.40. The maximum absolute atomic E-state index is 12.4. The summed E-state index contributed by atoms with van der Waals surface area (Å²) < 4.78 is 12.0. The van der Waals surface area contributed by atoms with E-state index in [1.54, 1.807) is 7.05 Å². The molecule has 166 valence electrons. The fourth-order valence-electron chi connectivity index (χ4n) is 2.41. The number of amides is 1. The Morgan fingerprint density at radius 2 is 1.61 bits per heavy atom. The molecule has 0 fully saturated rings. The van der Waals surface area contributed by atoms with Crippen LogP contribution >= 0.6 is 0 Å². The van der Waals surface area contributed by atoms with E-state index in [2.05, 4.69) is 33.9 Å². The molecular formula is C21H43NO5Si. The van der Waals surface area contributed by atoms with Gasteiger partial charge in [-0.3, -0.25) is 14.4 Å². The SMILES string of the molecule is CON(C)C(=O)C(C)C[C@@H](CCCOC(=O)C(C)(C)C)O[Si](C)(C)C(C)(C)C. The van der Waals surface area contributed by atoms with Crippen LogP contribution in [-0.4, -0.2) is 52.1 Å². The number of hydrogen-bond acceptors (Lipinski definition) is 5. The van der Waals surface area contributed by atoms with Crippen LogP contribution < -0.4 is 0 Å². The Labute approximate surface area is 173 Å². The summed E-state index contributed by atoms with van der Waals surface area (Å²) in [5.74, 6) is -0.470. The summed E-state index contributed by atoms with van der Waals surface area (Å²) in [4.78, 5) is 29.3. The molecule has 0 aliphatic rings. The van der Waals surface area contributed by atoms with Gasteiger partial charge in [0.25, 0.3) is 0 Å². The summed E-state index contributed by atoms with van der Waals surface area (Å²) in [6.45, 7) is 18.8. The number of ether oxygens (including phenoxy) is 1. The predicted octanol–water partition coefficient (Wildman–Crippen LogP) is 4.79. The van der Waals surface area contributed by atoms with Gasteiger partial charge in [0, 0.05) is 19.1 Å². The Kier molecular flexibility index (Phi) is 10.4. The number of carbonyl (C=O) groups excluding carboxylic acids is 2. The smallest absolute Gasteiger partial charge is 0.311 e. The minimum absolute atomic E-state index is 0.0570. The van der Waals surface area contributed by atoms with E-state index < -0.39 is 13.7 Å². The van der Waals surface area contributed by atoms with E-state index in [1.165, 1.54) is 12.2 Å². The molecule has 28 heavy (non-hydrogen) atoms. The van der Waals surface area contributed by atoms with Gasteiger partial charge in [-0.25, -0.2) is 5.06 Å². The lowest BCUT2D eigenvalue weighted by atomic mass is 9.97. The van der Waals surface area contributed by atoms with E-state index in [0.717, 1.165) is 6.42 Å². The highest BCUT2D eigenvalue weighted by Gasteiger charge is 2.39. The van der Waals surface area contributed by atoms with Crippen molar-refractivity contribution in [1.29, 1.82) is 0 Å². The van der Waals surface area contributed by atoms with Crippen molar-refractivity contribution in [3.63, 3.8) is 0 Å². The van der Waals surface area contributed by atoms with E-state index in [-0.39, 0.29) is 28.9 Å². The van der Waals surface area contributed by atoms with Crippen LogP contribution in [0, 0.1) is 11.3 Å². The van der Waals surface area contributed by atoms with Crippen LogP contribution in [0.1, 0.15) is 67.7 Å². The summed E-state index contributed by atoms with van der Waals surface area (Å²) in [6.07, 6.45) is 2.02. The lowest BCUT2D eigenvalue weighted by molar-refractivity contribution is -0.173. The van der Waals surface area contributed by atoms with Crippen LogP contribution in [0.3, 0.4) is 0 Å². The Balaban J connectivity index is 5.00. The van der Waals surface area contributed by atoms with Gasteiger partial charge >= 0.3 is 5.97 Å². The van der Waals surface area contributed by atoms with Gasteiger partial charge in [-0.2, -0.15) is 0 Å². The zero-order valence-corrected chi connectivity index (χ0v) is 21.0. The number of nitrogens with zero attached hydrogens (tertiary/aromatic N) is 1. The van der Waals surface area contributed by atoms with E-state index in [4.69, 9.17) is 14.0 Å². The van der Waals surface area contributed by atoms with E-state index in [1.807, 2.05) is 27.7 Å². The Bertz CT molecular complexity index is 508. The van der Waals surface area contributed by atoms with Gasteiger partial charge in [0.1, 0.15) is 0 Å². The first-order chi connectivity index (χ1) is 12.5. The van der Waals surface area contributed by atoms with Crippen molar-refractivity contribution in [3.8, 4) is 0 Å². The highest BCUT2D eigenvalue weighted by atomic mass is 28.4. The van der Waals surface area contributed by atoms with E-state index >= 15 is 0 Å². The van der Waals surface area contributed by atoms with Gasteiger partial charge in [-0.05, 0) is 58.2 Å². The third-order valence-corrected chi connectivity index (χ3v) is 9.94. The summed E-state index contributed by atoms with van der Waals surface area (Å²) in [7, 11) is 1.12. The Hall–Kier alpha value is -0.923. The number of carbonyl (C=O) groups is 2. The van der Waals surface area contributed by atoms with Gasteiger partial charge in [0.15, 0.2) is 8.32 Å². The normalized spacial score (nSPS) is 15.1. The average Bonchev–Trinajstić information content (AvgIpc) is 2.54. The fraction of sp³-hybridized carbons (Fsp3) is 0.905. The monoisotopic (exact) mass is 417 g/mol. The first-order valence-electron chi connectivity index (χ1n) is 10.2. The first-order valence-corrected chi connectivity index (χ1v) is 13.1. The second kappa shape index (κ2) is 10.7. The van der Waals surface area contributed by atoms with Gasteiger partial charge in [0.2, 0.25) is 5.91 Å². The molecule has 0 aliphatic carbocycles. The van der Waals surface area contributed by atoms with Crippen molar-refractivity contribution >= 4 is 20.2 Å². The van der Waals surface area contributed by atoms with Crippen molar-refractivity contribution in [2.75, 3.05) is 20.8 Å². The molecule has 0 heterocycles. The average molecular weight is 418 g/mol. The van der Waals surface area contributed by atoms with Crippen LogP contribution in [0.5, 0.6) is 0 Å². The molecule has 2 atom stereocenters. The van der Waals surface area contributed by atoms with Crippen molar-refractivity contribution in [1.82, 2.24) is 5.06 Å². The van der Waals surface area contributed by atoms with Gasteiger partial charge < -0.3 is 9.16 Å². The molecule has 0 saturated heterocycles. The zero-order chi connectivity index (χ0) is 22.3. The zero-order valence-electron chi connectivity index (χ0n) is 20.0. The van der Waals surface area contributed by atoms with Crippen LogP contribution in [0.15, 0.2) is 0 Å². The molecule has 1 amide bonds. The minimum atomic E-state index is -1.98. The molecule has 0 spiro atoms. The first kappa shape index (κ1) is 27.1. The summed E-state index contributed by atoms with van der Waals surface area (Å²) in [6, 6.07) is 0. The molecule has 7 heteroatoms. The third-order valence-electron chi connectivity index (χ3n) is 5.41. The maximum atomic E-state index is 12.4. The number of rotatable bonds is 10. The van der Waals surface area contributed by atoms with Crippen LogP contribution in [0.2, 0.25) is 18.1 Å². The van der Waals surface area contributed by atoms with Crippen LogP contribution in [0.25, 0.3) is 0 Å². The van der Waals surface area contributed by atoms with E-state index in [0.29, 0.717) is 19.4 Å². The molecule has 0 aromatic heterocycles. The quantitative estimate of drug-likeness (QED) is 0.221. The van der Waals surface area contributed by atoms with Crippen molar-refractivity contribution in [2.45, 2.75) is 92.0 Å². The Morgan fingerprint density at radius 3 is 2.04 bits per heavy atom. The van der Waals surface area contributed by atoms with Gasteiger partial charge in [-0.1, -0.05) is 27.7 Å². The van der Waals surface area contributed by atoms with Crippen molar-refractivity contribution in [2.24, 2.45) is 11.3 Å². The van der Waals surface area contributed by atoms with Crippen molar-refractivity contribution < 1.29 is 23.6 Å². The highest BCUT2D eigenvalue weighted by molar-refractivity contribution is 6.74. The lowest BCUT2D eigenvalue weighted by Crippen LogP contribution is -2.45. The predicted molar refractivity (Wildman–Crippen MR) is 115 cm³/mol. The molecule has 0 aromatic carbocycles. The molecule has 1 unspecified atom stereocenters. The molecule has 0 N–H and O–H groups in total. The minimum Gasteiger partial charge on any atom is -0.465 e. The summed E-state index contributed by atoms with van der Waals surface area (Å²) in [5.41, 5.74) is -0.497. The van der Waals surface area contributed by atoms with Gasteiger partial charge in [-0.15, -0.1) is 0 Å². The van der Waals surface area contributed by atoms with E-state index in [9.17, 15) is 9.59 Å². The highest BCUT2D eigenvalue weighted by Crippen LogP contribution is 2.38. The van der Waals surface area contributed by atoms with Crippen LogP contribution in [-0.2, 0) is 23.6 Å². The Morgan fingerprint density at radius 1 is 1.07 bits per heavy atom. The number of hydroxylamine groups is 2. The molecule has 6 nitrogen and oxygen atoms in total. The summed E-state index contributed by atoms with van der Waals surface area (Å²) in [5, 5.41) is 1.35. The third kappa shape index (κ3) is 9.05. The molecule has 0 rings (SSSR count). The summed E-state index contributed by atoms with van der Waals surface area (Å²) >= 11 is 0. The topological polar surface area (TPSA) is 65.1 Å². The largest absolute Gasteiger partial charge is 0.465 e. The number of hydrogen-bond donors (Lipinski definition) is 0. The molecular weight excluding hydrogens is 374 g/mol. The standard InChI is InChI=1S/C21H43NO5Si/c1-16(18(23)22(8)25-9)15-17(27-28(10,11)21(5,6)7)13-12-14-26-19(24)20(2,3)4/h16-17H,12-15H2,1-11H3/t16?,17-/m1/s1. The second-order valence-electron chi connectivity index (χ2n) is 10.2. The molecule has 0 saturated carbocycles. The molecule has 0 aromatic rings. The van der Waals surface area contributed by atoms with Gasteiger partial charge in [0.05, 0.1) is 19.1 Å². The fourth-order valence-corrected chi connectivity index (χ4v) is 3.81. The molecule has 0 aliphatic heterocycles. The molecule has 0 radical (unpaired) electrons.